The lowest BCUT2D eigenvalue weighted by atomic mass is 10.3. The molecule has 0 amide bonds. The molecule has 1 unspecified atom stereocenters. The van der Waals surface area contributed by atoms with Gasteiger partial charge in [0, 0.05) is 27.3 Å². The lowest BCUT2D eigenvalue weighted by Crippen LogP contribution is -2.22. The summed E-state index contributed by atoms with van der Waals surface area (Å²) in [7, 11) is 3.21. The van der Waals surface area contributed by atoms with E-state index in [0.29, 0.717) is 18.9 Å². The Balaban J connectivity index is 2.27. The maximum atomic E-state index is 9.44. The fourth-order valence-electron chi connectivity index (χ4n) is 1.42. The minimum absolute atomic E-state index is 0.195. The van der Waals surface area contributed by atoms with Crippen molar-refractivity contribution < 1.29 is 19.3 Å². The zero-order valence-corrected chi connectivity index (χ0v) is 11.5. The first-order chi connectivity index (χ1) is 9.26. The van der Waals surface area contributed by atoms with Gasteiger partial charge < -0.3 is 24.6 Å². The first-order valence-corrected chi connectivity index (χ1v) is 6.20. The molecule has 1 atom stereocenters. The topological polar surface area (TPSA) is 72.8 Å². The van der Waals surface area contributed by atoms with Crippen molar-refractivity contribution in [2.75, 3.05) is 40.6 Å². The van der Waals surface area contributed by atoms with Crippen LogP contribution in [-0.2, 0) is 16.0 Å². The van der Waals surface area contributed by atoms with Crippen LogP contribution in [-0.4, -0.2) is 56.8 Å². The van der Waals surface area contributed by atoms with E-state index in [1.54, 1.807) is 13.3 Å². The number of aliphatic hydroxyl groups excluding tert-OH is 1. The van der Waals surface area contributed by atoms with E-state index in [2.05, 4.69) is 10.3 Å². The minimum atomic E-state index is -0.625. The average Bonchev–Trinajstić information content (AvgIpc) is 2.43. The fourth-order valence-corrected chi connectivity index (χ4v) is 1.42. The van der Waals surface area contributed by atoms with Crippen LogP contribution >= 0.6 is 0 Å². The van der Waals surface area contributed by atoms with Gasteiger partial charge in [-0.1, -0.05) is 0 Å². The molecule has 6 nitrogen and oxygen atoms in total. The quantitative estimate of drug-likeness (QED) is 0.592. The number of methoxy groups -OCH3 is 2. The number of rotatable bonds is 10. The number of hydrogen-bond donors (Lipinski definition) is 2. The van der Waals surface area contributed by atoms with E-state index in [-0.39, 0.29) is 13.2 Å². The Morgan fingerprint density at radius 3 is 2.74 bits per heavy atom. The first-order valence-electron chi connectivity index (χ1n) is 6.20. The SMILES string of the molecule is COCCNCc1ccc(OCC(O)COC)cn1. The van der Waals surface area contributed by atoms with Crippen LogP contribution in [0.1, 0.15) is 5.69 Å². The Morgan fingerprint density at radius 1 is 1.26 bits per heavy atom. The normalized spacial score (nSPS) is 12.4. The van der Waals surface area contributed by atoms with Gasteiger partial charge in [-0.15, -0.1) is 0 Å². The summed E-state index contributed by atoms with van der Waals surface area (Å²) in [5.41, 5.74) is 0.931. The highest BCUT2D eigenvalue weighted by atomic mass is 16.5. The van der Waals surface area contributed by atoms with Crippen LogP contribution in [0.4, 0.5) is 0 Å². The third kappa shape index (κ3) is 7.07. The molecule has 0 aliphatic carbocycles. The zero-order chi connectivity index (χ0) is 13.9. The van der Waals surface area contributed by atoms with Crippen LogP contribution in [0.25, 0.3) is 0 Å². The van der Waals surface area contributed by atoms with E-state index < -0.39 is 6.10 Å². The van der Waals surface area contributed by atoms with Crippen molar-refractivity contribution in [3.63, 3.8) is 0 Å². The van der Waals surface area contributed by atoms with E-state index >= 15 is 0 Å². The second-order valence-corrected chi connectivity index (χ2v) is 4.07. The van der Waals surface area contributed by atoms with Gasteiger partial charge in [0.1, 0.15) is 18.5 Å². The molecule has 0 saturated carbocycles. The van der Waals surface area contributed by atoms with Crippen LogP contribution in [0.2, 0.25) is 0 Å². The highest BCUT2D eigenvalue weighted by Gasteiger charge is 2.04. The Hall–Kier alpha value is -1.21. The van der Waals surface area contributed by atoms with Gasteiger partial charge in [-0.3, -0.25) is 4.98 Å². The zero-order valence-electron chi connectivity index (χ0n) is 11.5. The van der Waals surface area contributed by atoms with Crippen LogP contribution in [0, 0.1) is 0 Å². The summed E-state index contributed by atoms with van der Waals surface area (Å²) in [5, 5.41) is 12.6. The minimum Gasteiger partial charge on any atom is -0.489 e. The Kier molecular flexibility index (Phi) is 8.08. The molecule has 0 fully saturated rings. The van der Waals surface area contributed by atoms with Crippen molar-refractivity contribution in [3.05, 3.63) is 24.0 Å². The van der Waals surface area contributed by atoms with Gasteiger partial charge >= 0.3 is 0 Å². The van der Waals surface area contributed by atoms with Crippen LogP contribution in [0.3, 0.4) is 0 Å². The number of hydrogen-bond acceptors (Lipinski definition) is 6. The molecule has 0 aliphatic rings. The highest BCUT2D eigenvalue weighted by molar-refractivity contribution is 5.19. The second-order valence-electron chi connectivity index (χ2n) is 4.07. The second kappa shape index (κ2) is 9.69. The Morgan fingerprint density at radius 2 is 2.11 bits per heavy atom. The lowest BCUT2D eigenvalue weighted by molar-refractivity contribution is 0.0324. The summed E-state index contributed by atoms with van der Waals surface area (Å²) in [6.45, 7) is 2.62. The van der Waals surface area contributed by atoms with Crippen LogP contribution in [0.15, 0.2) is 18.3 Å². The summed E-state index contributed by atoms with van der Waals surface area (Å²) in [4.78, 5) is 4.26. The molecule has 108 valence electrons. The van der Waals surface area contributed by atoms with Gasteiger partial charge in [0.25, 0.3) is 0 Å². The molecule has 6 heteroatoms. The van der Waals surface area contributed by atoms with Crippen LogP contribution in [0.5, 0.6) is 5.75 Å². The number of aliphatic hydroxyl groups is 1. The van der Waals surface area contributed by atoms with Crippen molar-refractivity contribution in [2.24, 2.45) is 0 Å². The molecule has 19 heavy (non-hydrogen) atoms. The van der Waals surface area contributed by atoms with E-state index in [1.165, 1.54) is 7.11 Å². The molecule has 0 aromatic carbocycles. The first kappa shape index (κ1) is 15.8. The smallest absolute Gasteiger partial charge is 0.137 e. The summed E-state index contributed by atoms with van der Waals surface area (Å²) >= 11 is 0. The number of nitrogens with zero attached hydrogens (tertiary/aromatic N) is 1. The van der Waals surface area contributed by atoms with Gasteiger partial charge in [0.2, 0.25) is 0 Å². The Labute approximate surface area is 113 Å². The standard InChI is InChI=1S/C13H22N2O4/c1-17-6-5-14-7-11-3-4-13(8-15-11)19-10-12(16)9-18-2/h3-4,8,12,14,16H,5-7,9-10H2,1-2H3. The van der Waals surface area contributed by atoms with E-state index in [1.807, 2.05) is 12.1 Å². The summed E-state index contributed by atoms with van der Waals surface area (Å²) in [5.74, 6) is 0.635. The van der Waals surface area contributed by atoms with Crippen molar-refractivity contribution in [1.29, 1.82) is 0 Å². The van der Waals surface area contributed by atoms with Crippen molar-refractivity contribution in [3.8, 4) is 5.75 Å². The molecule has 1 aromatic rings. The fraction of sp³-hybridized carbons (Fsp3) is 0.615. The summed E-state index contributed by atoms with van der Waals surface area (Å²) in [6, 6.07) is 3.72. The van der Waals surface area contributed by atoms with Gasteiger partial charge in [-0.25, -0.2) is 0 Å². The largest absolute Gasteiger partial charge is 0.489 e. The lowest BCUT2D eigenvalue weighted by Gasteiger charge is -2.11. The van der Waals surface area contributed by atoms with Gasteiger partial charge in [-0.05, 0) is 12.1 Å². The molecule has 2 N–H and O–H groups in total. The van der Waals surface area contributed by atoms with Crippen molar-refractivity contribution in [2.45, 2.75) is 12.6 Å². The highest BCUT2D eigenvalue weighted by Crippen LogP contribution is 2.09. The number of pyridine rings is 1. The Bertz CT molecular complexity index is 332. The van der Waals surface area contributed by atoms with Crippen LogP contribution < -0.4 is 10.1 Å². The molecule has 0 saturated heterocycles. The molecule has 0 aliphatic heterocycles. The van der Waals surface area contributed by atoms with Gasteiger partial charge in [0.05, 0.1) is 25.1 Å². The summed E-state index contributed by atoms with van der Waals surface area (Å²) < 4.78 is 15.1. The van der Waals surface area contributed by atoms with E-state index in [0.717, 1.165) is 12.2 Å². The maximum Gasteiger partial charge on any atom is 0.137 e. The molecular formula is C13H22N2O4. The van der Waals surface area contributed by atoms with Crippen molar-refractivity contribution >= 4 is 0 Å². The number of nitrogens with one attached hydrogen (secondary N) is 1. The van der Waals surface area contributed by atoms with Gasteiger partial charge in [0.15, 0.2) is 0 Å². The average molecular weight is 270 g/mol. The third-order valence-corrected chi connectivity index (χ3v) is 2.39. The monoisotopic (exact) mass is 270 g/mol. The predicted molar refractivity (Wildman–Crippen MR) is 71.2 cm³/mol. The molecule has 0 bridgehead atoms. The molecule has 0 spiro atoms. The number of aromatic nitrogens is 1. The van der Waals surface area contributed by atoms with E-state index in [9.17, 15) is 5.11 Å². The van der Waals surface area contributed by atoms with E-state index in [4.69, 9.17) is 14.2 Å². The molecule has 1 heterocycles. The molecular weight excluding hydrogens is 248 g/mol. The summed E-state index contributed by atoms with van der Waals surface area (Å²) in [6.07, 6.45) is 1.02. The van der Waals surface area contributed by atoms with Crippen molar-refractivity contribution in [1.82, 2.24) is 10.3 Å². The molecule has 0 radical (unpaired) electrons. The van der Waals surface area contributed by atoms with Gasteiger partial charge in [-0.2, -0.15) is 0 Å². The molecule has 1 aromatic heterocycles. The third-order valence-electron chi connectivity index (χ3n) is 2.39. The number of ether oxygens (including phenoxy) is 3. The maximum absolute atomic E-state index is 9.44. The predicted octanol–water partition coefficient (Wildman–Crippen LogP) is 0.204. The molecule has 1 rings (SSSR count).